The molecule has 8 atom stereocenters. The van der Waals surface area contributed by atoms with E-state index in [9.17, 15) is 33.9 Å². The summed E-state index contributed by atoms with van der Waals surface area (Å²) in [4.78, 5) is 80.1. The van der Waals surface area contributed by atoms with Gasteiger partial charge < -0.3 is 28.5 Å². The number of allylic oxidation sites excluding steroid dienone is 1. The van der Waals surface area contributed by atoms with Crippen molar-refractivity contribution in [3.8, 4) is 0 Å². The Balaban J connectivity index is 1.96. The maximum absolute atomic E-state index is 14.5. The molecule has 2 heterocycles. The zero-order chi connectivity index (χ0) is 34.4. The lowest BCUT2D eigenvalue weighted by molar-refractivity contribution is -0.207. The van der Waals surface area contributed by atoms with Crippen LogP contribution in [-0.4, -0.2) is 65.5 Å². The number of hydrogen-bond donors (Lipinski definition) is 1. The van der Waals surface area contributed by atoms with E-state index in [-0.39, 0.29) is 30.4 Å². The largest absolute Gasteiger partial charge is 0.472 e. The quantitative estimate of drug-likeness (QED) is 0.248. The summed E-state index contributed by atoms with van der Waals surface area (Å²) in [5, 5.41) is 12.7. The maximum atomic E-state index is 14.5. The summed E-state index contributed by atoms with van der Waals surface area (Å²) in [6.07, 6.45) is 0.750. The van der Waals surface area contributed by atoms with Gasteiger partial charge in [0, 0.05) is 53.7 Å². The molecule has 46 heavy (non-hydrogen) atoms. The number of esters is 4. The highest BCUT2D eigenvalue weighted by molar-refractivity contribution is 5.99. The number of Topliss-reactive ketones (excluding diaryl/α,β-unsaturated/α-hetero) is 2. The third-order valence-electron chi connectivity index (χ3n) is 10.3. The molecule has 0 unspecified atom stereocenters. The summed E-state index contributed by atoms with van der Waals surface area (Å²) in [5.74, 6) is -7.72. The van der Waals surface area contributed by atoms with Crippen LogP contribution in [-0.2, 0) is 47.7 Å². The van der Waals surface area contributed by atoms with Crippen LogP contribution >= 0.6 is 0 Å². The van der Waals surface area contributed by atoms with Crippen LogP contribution in [0.4, 0.5) is 0 Å². The number of aliphatic hydroxyl groups is 1. The zero-order valence-corrected chi connectivity index (χ0v) is 27.4. The van der Waals surface area contributed by atoms with Gasteiger partial charge in [0.2, 0.25) is 0 Å². The number of fused-ring (bicyclic) bond motifs is 1. The predicted molar refractivity (Wildman–Crippen MR) is 159 cm³/mol. The number of rotatable bonds is 8. The van der Waals surface area contributed by atoms with Crippen molar-refractivity contribution in [2.45, 2.75) is 91.6 Å². The molecule has 0 aromatic carbocycles. The van der Waals surface area contributed by atoms with E-state index in [0.29, 0.717) is 5.56 Å². The normalized spacial score (nSPS) is 33.2. The highest BCUT2D eigenvalue weighted by atomic mass is 16.6. The highest BCUT2D eigenvalue weighted by Gasteiger charge is 2.68. The van der Waals surface area contributed by atoms with Crippen LogP contribution in [0.3, 0.4) is 0 Å². The number of furan rings is 1. The summed E-state index contributed by atoms with van der Waals surface area (Å²) in [6.45, 7) is 10.9. The Labute approximate surface area is 267 Å². The van der Waals surface area contributed by atoms with Gasteiger partial charge in [-0.25, -0.2) is 9.59 Å². The van der Waals surface area contributed by atoms with Crippen molar-refractivity contribution in [2.75, 3.05) is 7.11 Å². The summed E-state index contributed by atoms with van der Waals surface area (Å²) >= 11 is 0. The molecule has 2 aliphatic carbocycles. The predicted octanol–water partition coefficient (Wildman–Crippen LogP) is 3.75. The standard InChI is InChI=1S/C34H42O12/c1-9-17(2)31(40)46-29-26(27(39)18(3)21(32(29,5)6)14-24(37)42-8)30(44-19(4)35)34(41)22-15-25(38)45-28(20-11-13-43-16-20)33(22,7)12-10-23(34)36/h9,11,13,15-16,18,21,26,28-30,41H,10,12,14H2,1-8H3/t18-,21-,26-,28+,29-,30-,33-,34+/m1/s1. The van der Waals surface area contributed by atoms with Crippen LogP contribution in [0.2, 0.25) is 0 Å². The van der Waals surface area contributed by atoms with E-state index >= 15 is 0 Å². The van der Waals surface area contributed by atoms with Gasteiger partial charge in [-0.3, -0.25) is 19.2 Å². The zero-order valence-electron chi connectivity index (χ0n) is 27.4. The average molecular weight is 643 g/mol. The van der Waals surface area contributed by atoms with E-state index in [1.807, 2.05) is 0 Å². The Kier molecular flexibility index (Phi) is 9.55. The molecule has 1 aliphatic heterocycles. The number of carbonyl (C=O) groups is 6. The molecule has 0 amide bonds. The van der Waals surface area contributed by atoms with Gasteiger partial charge in [0.15, 0.2) is 17.5 Å². The minimum Gasteiger partial charge on any atom is -0.472 e. The number of cyclic esters (lactones) is 1. The molecule has 0 radical (unpaired) electrons. The van der Waals surface area contributed by atoms with Crippen molar-refractivity contribution in [2.24, 2.45) is 28.6 Å². The monoisotopic (exact) mass is 642 g/mol. The number of ether oxygens (including phenoxy) is 4. The van der Waals surface area contributed by atoms with Crippen LogP contribution in [0, 0.1) is 28.6 Å². The second kappa shape index (κ2) is 12.6. The van der Waals surface area contributed by atoms with E-state index in [2.05, 4.69) is 0 Å². The van der Waals surface area contributed by atoms with E-state index in [0.717, 1.165) is 13.0 Å². The number of ketones is 2. The van der Waals surface area contributed by atoms with Crippen molar-refractivity contribution in [1.29, 1.82) is 0 Å². The van der Waals surface area contributed by atoms with Gasteiger partial charge in [-0.15, -0.1) is 0 Å². The van der Waals surface area contributed by atoms with Gasteiger partial charge in [-0.2, -0.15) is 0 Å². The second-order valence-corrected chi connectivity index (χ2v) is 13.3. The van der Waals surface area contributed by atoms with E-state index < -0.39 is 87.9 Å². The molecular formula is C34H42O12. The third kappa shape index (κ3) is 5.72. The average Bonchev–Trinajstić information content (AvgIpc) is 3.54. The van der Waals surface area contributed by atoms with Crippen molar-refractivity contribution < 1.29 is 57.2 Å². The topological polar surface area (TPSA) is 173 Å². The van der Waals surface area contributed by atoms with Gasteiger partial charge in [-0.05, 0) is 37.8 Å². The fourth-order valence-electron chi connectivity index (χ4n) is 7.53. The SMILES string of the molecule is CC=C(C)C(=O)O[C@@H]1[C@H]([C@@H](OC(C)=O)[C@@]2(O)C(=O)CC[C@]3(C)C2=CC(=O)O[C@H]3c2ccoc2)C(=O)[C@H](C)[C@@H](CC(=O)OC)C1(C)C. The minimum absolute atomic E-state index is 0.0883. The second-order valence-electron chi connectivity index (χ2n) is 13.3. The van der Waals surface area contributed by atoms with Crippen LogP contribution < -0.4 is 0 Å². The van der Waals surface area contributed by atoms with Gasteiger partial charge in [0.25, 0.3) is 0 Å². The van der Waals surface area contributed by atoms with Crippen LogP contribution in [0.1, 0.15) is 79.4 Å². The van der Waals surface area contributed by atoms with Crippen molar-refractivity contribution in [3.05, 3.63) is 47.5 Å². The summed E-state index contributed by atoms with van der Waals surface area (Å²) in [5.41, 5.74) is -4.45. The maximum Gasteiger partial charge on any atom is 0.333 e. The lowest BCUT2D eigenvalue weighted by Crippen LogP contribution is -2.68. The number of hydrogen-bond acceptors (Lipinski definition) is 12. The number of carbonyl (C=O) groups excluding carboxylic acids is 6. The molecule has 12 heteroatoms. The first-order chi connectivity index (χ1) is 21.4. The smallest absolute Gasteiger partial charge is 0.333 e. The third-order valence-corrected chi connectivity index (χ3v) is 10.3. The van der Waals surface area contributed by atoms with Gasteiger partial charge in [0.1, 0.15) is 18.0 Å². The van der Waals surface area contributed by atoms with E-state index in [4.69, 9.17) is 23.4 Å². The molecule has 0 bridgehead atoms. The fraction of sp³-hybridized carbons (Fsp3) is 0.588. The van der Waals surface area contributed by atoms with Crippen LogP contribution in [0.15, 0.2) is 46.3 Å². The molecule has 2 fully saturated rings. The lowest BCUT2D eigenvalue weighted by atomic mass is 9.52. The lowest BCUT2D eigenvalue weighted by Gasteiger charge is -2.56. The summed E-state index contributed by atoms with van der Waals surface area (Å²) in [6, 6.07) is 1.60. The van der Waals surface area contributed by atoms with Crippen molar-refractivity contribution in [1.82, 2.24) is 0 Å². The molecule has 1 aromatic heterocycles. The van der Waals surface area contributed by atoms with Crippen LogP contribution in [0.5, 0.6) is 0 Å². The summed E-state index contributed by atoms with van der Waals surface area (Å²) < 4.78 is 27.6. The molecule has 250 valence electrons. The Morgan fingerprint density at radius 2 is 1.83 bits per heavy atom. The van der Waals surface area contributed by atoms with Gasteiger partial charge in [0.05, 0.1) is 25.6 Å². The fourth-order valence-corrected chi connectivity index (χ4v) is 7.53. The first-order valence-corrected chi connectivity index (χ1v) is 15.3. The molecule has 3 aliphatic rings. The first kappa shape index (κ1) is 34.8. The van der Waals surface area contributed by atoms with Crippen molar-refractivity contribution in [3.63, 3.8) is 0 Å². The molecule has 0 spiro atoms. The Morgan fingerprint density at radius 1 is 1.15 bits per heavy atom. The number of methoxy groups -OCH3 is 1. The highest BCUT2D eigenvalue weighted by Crippen LogP contribution is 2.59. The Bertz CT molecular complexity index is 1480. The van der Waals surface area contributed by atoms with Gasteiger partial charge in [-0.1, -0.05) is 33.8 Å². The Hall–Kier alpha value is -4.06. The molecule has 1 N–H and O–H groups in total. The Morgan fingerprint density at radius 3 is 2.39 bits per heavy atom. The first-order valence-electron chi connectivity index (χ1n) is 15.3. The molecule has 12 nitrogen and oxygen atoms in total. The van der Waals surface area contributed by atoms with Gasteiger partial charge >= 0.3 is 23.9 Å². The van der Waals surface area contributed by atoms with E-state index in [1.54, 1.807) is 40.7 Å². The molecule has 1 aromatic rings. The van der Waals surface area contributed by atoms with Crippen molar-refractivity contribution >= 4 is 35.4 Å². The summed E-state index contributed by atoms with van der Waals surface area (Å²) in [7, 11) is 1.22. The molecular weight excluding hydrogens is 600 g/mol. The van der Waals surface area contributed by atoms with Crippen LogP contribution in [0.25, 0.3) is 0 Å². The molecule has 4 rings (SSSR count). The minimum atomic E-state index is -2.70. The van der Waals surface area contributed by atoms with E-state index in [1.165, 1.54) is 32.6 Å². The molecule has 2 saturated carbocycles. The molecule has 0 saturated heterocycles.